The third-order valence-electron chi connectivity index (χ3n) is 7.05. The van der Waals surface area contributed by atoms with E-state index in [1.807, 2.05) is 54.6 Å². The van der Waals surface area contributed by atoms with Crippen molar-refractivity contribution in [2.45, 2.75) is 38.0 Å². The summed E-state index contributed by atoms with van der Waals surface area (Å²) >= 11 is 0. The molecule has 4 aromatic rings. The maximum Gasteiger partial charge on any atom is 0.204 e. The average Bonchev–Trinajstić information content (AvgIpc) is 3.26. The number of hydrogen-bond donors (Lipinski definition) is 2. The second-order valence-corrected chi connectivity index (χ2v) is 9.47. The van der Waals surface area contributed by atoms with Gasteiger partial charge in [0.25, 0.3) is 0 Å². The highest BCUT2D eigenvalue weighted by atomic mass is 19.1. The van der Waals surface area contributed by atoms with Gasteiger partial charge in [-0.3, -0.25) is 0 Å². The zero-order valence-corrected chi connectivity index (χ0v) is 20.6. The summed E-state index contributed by atoms with van der Waals surface area (Å²) in [6.07, 6.45) is 2.26. The number of anilines is 1. The molecule has 3 aromatic carbocycles. The second kappa shape index (κ2) is 11.1. The molecule has 0 bridgehead atoms. The van der Waals surface area contributed by atoms with Gasteiger partial charge in [0.15, 0.2) is 0 Å². The van der Waals surface area contributed by atoms with Crippen LogP contribution >= 0.6 is 0 Å². The number of ether oxygens (including phenoxy) is 1. The van der Waals surface area contributed by atoms with Crippen LogP contribution in [0.4, 0.5) is 10.3 Å². The first-order valence-electron chi connectivity index (χ1n) is 12.6. The first kappa shape index (κ1) is 24.3. The Morgan fingerprint density at radius 3 is 2.47 bits per heavy atom. The number of benzene rings is 3. The molecule has 0 spiro atoms. The molecule has 1 atom stereocenters. The van der Waals surface area contributed by atoms with E-state index in [2.05, 4.69) is 20.9 Å². The lowest BCUT2D eigenvalue weighted by atomic mass is 10.0. The van der Waals surface area contributed by atoms with E-state index in [4.69, 9.17) is 9.72 Å². The van der Waals surface area contributed by atoms with Gasteiger partial charge in [-0.2, -0.15) is 0 Å². The number of piperidine rings is 1. The quantitative estimate of drug-likeness (QED) is 0.338. The second-order valence-electron chi connectivity index (χ2n) is 9.47. The van der Waals surface area contributed by atoms with Crippen molar-refractivity contribution in [1.29, 1.82) is 0 Å². The number of hydrogen-bond acceptors (Lipinski definition) is 5. The first-order valence-corrected chi connectivity index (χ1v) is 12.6. The number of rotatable bonds is 9. The van der Waals surface area contributed by atoms with Gasteiger partial charge in [0.05, 0.1) is 30.8 Å². The molecule has 6 nitrogen and oxygen atoms in total. The Labute approximate surface area is 211 Å². The predicted molar refractivity (Wildman–Crippen MR) is 141 cm³/mol. The van der Waals surface area contributed by atoms with Gasteiger partial charge in [-0.05, 0) is 66.8 Å². The van der Waals surface area contributed by atoms with Crippen LogP contribution in [0, 0.1) is 5.82 Å². The summed E-state index contributed by atoms with van der Waals surface area (Å²) in [6, 6.07) is 22.7. The summed E-state index contributed by atoms with van der Waals surface area (Å²) in [4.78, 5) is 7.29. The fraction of sp³-hybridized carbons (Fsp3) is 0.345. The first-order chi connectivity index (χ1) is 17.6. The van der Waals surface area contributed by atoms with E-state index in [0.29, 0.717) is 19.0 Å². The number of aromatic nitrogens is 2. The van der Waals surface area contributed by atoms with Gasteiger partial charge in [0, 0.05) is 25.7 Å². The molecule has 2 N–H and O–H groups in total. The number of aliphatic hydroxyl groups is 1. The molecular formula is C29H33FN4O2. The molecule has 1 saturated heterocycles. The summed E-state index contributed by atoms with van der Waals surface area (Å²) in [7, 11) is 1.64. The van der Waals surface area contributed by atoms with E-state index in [1.165, 1.54) is 12.1 Å². The van der Waals surface area contributed by atoms with E-state index in [0.717, 1.165) is 66.3 Å². The number of fused-ring (bicyclic) bond motifs is 1. The van der Waals surface area contributed by atoms with Crippen LogP contribution in [0.5, 0.6) is 5.75 Å². The van der Waals surface area contributed by atoms with Crippen molar-refractivity contribution in [2.75, 3.05) is 32.1 Å². The average molecular weight is 489 g/mol. The topological polar surface area (TPSA) is 62.6 Å². The van der Waals surface area contributed by atoms with Gasteiger partial charge >= 0.3 is 0 Å². The third-order valence-corrected chi connectivity index (χ3v) is 7.05. The number of methoxy groups -OCH3 is 1. The molecule has 188 valence electrons. The van der Waals surface area contributed by atoms with Crippen LogP contribution in [0.1, 0.15) is 36.5 Å². The van der Waals surface area contributed by atoms with E-state index >= 15 is 0 Å². The van der Waals surface area contributed by atoms with Gasteiger partial charge in [-0.1, -0.05) is 36.4 Å². The van der Waals surface area contributed by atoms with E-state index in [-0.39, 0.29) is 5.82 Å². The molecule has 7 heteroatoms. The number of nitrogens with zero attached hydrogens (tertiary/aromatic N) is 3. The van der Waals surface area contributed by atoms with Gasteiger partial charge < -0.3 is 24.6 Å². The Kier molecular flexibility index (Phi) is 7.49. The third kappa shape index (κ3) is 5.69. The molecule has 0 radical (unpaired) electrons. The van der Waals surface area contributed by atoms with E-state index in [1.54, 1.807) is 7.11 Å². The zero-order valence-electron chi connectivity index (χ0n) is 20.6. The number of likely N-dealkylation sites (tertiary alicyclic amines) is 1. The Hall–Kier alpha value is -3.42. The van der Waals surface area contributed by atoms with Crippen molar-refractivity contribution in [2.24, 2.45) is 0 Å². The maximum absolute atomic E-state index is 13.4. The molecule has 2 heterocycles. The summed E-state index contributed by atoms with van der Waals surface area (Å²) in [5.41, 5.74) is 3.97. The summed E-state index contributed by atoms with van der Waals surface area (Å²) in [5.74, 6) is 1.43. The molecule has 36 heavy (non-hydrogen) atoms. The molecule has 0 aliphatic carbocycles. The molecule has 1 fully saturated rings. The van der Waals surface area contributed by atoms with Crippen LogP contribution in [0.15, 0.2) is 72.8 Å². The highest BCUT2D eigenvalue weighted by Gasteiger charge is 2.22. The Bertz CT molecular complexity index is 1260. The summed E-state index contributed by atoms with van der Waals surface area (Å²) < 4.78 is 20.8. The summed E-state index contributed by atoms with van der Waals surface area (Å²) in [5, 5.41) is 14.3. The van der Waals surface area contributed by atoms with Crippen LogP contribution < -0.4 is 10.1 Å². The fourth-order valence-corrected chi connectivity index (χ4v) is 4.90. The molecule has 1 aromatic heterocycles. The normalized spacial score (nSPS) is 15.8. The molecule has 0 saturated carbocycles. The minimum absolute atomic E-state index is 0.226. The zero-order chi connectivity index (χ0) is 24.9. The maximum atomic E-state index is 13.4. The SMILES string of the molecule is COc1ccc(C(O)CCN2CCC(Nc3nc4ccccc4n3Cc3ccc(F)cc3)CC2)cc1. The van der Waals surface area contributed by atoms with Crippen LogP contribution in [0.2, 0.25) is 0 Å². The lowest BCUT2D eigenvalue weighted by molar-refractivity contribution is 0.132. The smallest absolute Gasteiger partial charge is 0.204 e. The number of para-hydroxylation sites is 2. The largest absolute Gasteiger partial charge is 0.497 e. The van der Waals surface area contributed by atoms with Gasteiger partial charge in [0.1, 0.15) is 11.6 Å². The standard InChI is InChI=1S/C29H33FN4O2/c1-36-25-12-8-22(9-13-25)28(35)16-19-33-17-14-24(15-18-33)31-29-32-26-4-2-3-5-27(26)34(29)20-21-6-10-23(30)11-7-21/h2-13,24,28,35H,14-20H2,1H3,(H,31,32). The van der Waals surface area contributed by atoms with Crippen LogP contribution in [-0.4, -0.2) is 52.3 Å². The predicted octanol–water partition coefficient (Wildman–Crippen LogP) is 5.23. The van der Waals surface area contributed by atoms with Crippen molar-refractivity contribution >= 4 is 17.0 Å². The van der Waals surface area contributed by atoms with Crippen molar-refractivity contribution < 1.29 is 14.2 Å². The van der Waals surface area contributed by atoms with Gasteiger partial charge in [0.2, 0.25) is 5.95 Å². The number of imidazole rings is 1. The highest BCUT2D eigenvalue weighted by molar-refractivity contribution is 5.78. The lowest BCUT2D eigenvalue weighted by Gasteiger charge is -2.33. The summed E-state index contributed by atoms with van der Waals surface area (Å²) in [6.45, 7) is 3.45. The number of aliphatic hydroxyl groups excluding tert-OH is 1. The minimum Gasteiger partial charge on any atom is -0.497 e. The molecular weight excluding hydrogens is 455 g/mol. The van der Waals surface area contributed by atoms with Crippen LogP contribution in [0.25, 0.3) is 11.0 Å². The molecule has 0 amide bonds. The van der Waals surface area contributed by atoms with E-state index < -0.39 is 6.10 Å². The number of nitrogens with one attached hydrogen (secondary N) is 1. The van der Waals surface area contributed by atoms with Crippen molar-refractivity contribution in [3.8, 4) is 5.75 Å². The van der Waals surface area contributed by atoms with Crippen molar-refractivity contribution in [1.82, 2.24) is 14.5 Å². The number of halogens is 1. The van der Waals surface area contributed by atoms with Crippen LogP contribution in [0.3, 0.4) is 0 Å². The van der Waals surface area contributed by atoms with Crippen molar-refractivity contribution in [3.63, 3.8) is 0 Å². The van der Waals surface area contributed by atoms with Crippen molar-refractivity contribution in [3.05, 3.63) is 89.7 Å². The van der Waals surface area contributed by atoms with Gasteiger partial charge in [-0.25, -0.2) is 9.37 Å². The molecule has 1 aliphatic rings. The highest BCUT2D eigenvalue weighted by Crippen LogP contribution is 2.25. The Balaban J connectivity index is 1.18. The van der Waals surface area contributed by atoms with Gasteiger partial charge in [-0.15, -0.1) is 0 Å². The molecule has 5 rings (SSSR count). The molecule has 1 aliphatic heterocycles. The van der Waals surface area contributed by atoms with E-state index in [9.17, 15) is 9.50 Å². The molecule has 1 unspecified atom stereocenters. The van der Waals surface area contributed by atoms with Crippen LogP contribution in [-0.2, 0) is 6.54 Å². The fourth-order valence-electron chi connectivity index (χ4n) is 4.90. The minimum atomic E-state index is -0.474. The Morgan fingerprint density at radius 2 is 1.75 bits per heavy atom. The monoisotopic (exact) mass is 488 g/mol. The lowest BCUT2D eigenvalue weighted by Crippen LogP contribution is -2.40. The Morgan fingerprint density at radius 1 is 1.03 bits per heavy atom.